The van der Waals surface area contributed by atoms with Gasteiger partial charge in [0.1, 0.15) is 6.54 Å². The zero-order valence-electron chi connectivity index (χ0n) is 14.6. The first kappa shape index (κ1) is 18.2. The van der Waals surface area contributed by atoms with E-state index in [2.05, 4.69) is 10.6 Å². The summed E-state index contributed by atoms with van der Waals surface area (Å²) in [6, 6.07) is 13.4. The number of carbonyl (C=O) groups is 3. The molecule has 1 aliphatic heterocycles. The van der Waals surface area contributed by atoms with E-state index in [-0.39, 0.29) is 13.3 Å². The molecule has 8 nitrogen and oxygen atoms in total. The second kappa shape index (κ2) is 8.22. The number of benzene rings is 2. The number of rotatable bonds is 6. The fourth-order valence-electron chi connectivity index (χ4n) is 2.35. The van der Waals surface area contributed by atoms with E-state index in [1.807, 2.05) is 0 Å². The molecule has 0 spiro atoms. The number of hydrogen-bond acceptors (Lipinski definition) is 6. The summed E-state index contributed by atoms with van der Waals surface area (Å²) < 4.78 is 15.5. The maximum Gasteiger partial charge on any atom is 0.326 e. The van der Waals surface area contributed by atoms with E-state index in [4.69, 9.17) is 14.2 Å². The van der Waals surface area contributed by atoms with Gasteiger partial charge in [0.15, 0.2) is 17.6 Å². The second-order valence-electron chi connectivity index (χ2n) is 5.74. The number of amides is 2. The number of ether oxygens (including phenoxy) is 3. The van der Waals surface area contributed by atoms with Crippen LogP contribution < -0.4 is 20.1 Å². The van der Waals surface area contributed by atoms with Crippen molar-refractivity contribution < 1.29 is 28.6 Å². The number of hydrogen-bond donors (Lipinski definition) is 2. The molecule has 0 unspecified atom stereocenters. The van der Waals surface area contributed by atoms with Gasteiger partial charge in [-0.3, -0.25) is 14.4 Å². The summed E-state index contributed by atoms with van der Waals surface area (Å²) in [4.78, 5) is 35.9. The first-order chi connectivity index (χ1) is 13.0. The number of carbonyl (C=O) groups excluding carboxylic acids is 3. The van der Waals surface area contributed by atoms with Crippen molar-refractivity contribution in [3.63, 3.8) is 0 Å². The van der Waals surface area contributed by atoms with Crippen molar-refractivity contribution in [3.8, 4) is 11.5 Å². The summed E-state index contributed by atoms with van der Waals surface area (Å²) in [5, 5.41) is 5.07. The maximum atomic E-state index is 12.2. The number of fused-ring (bicyclic) bond motifs is 1. The smallest absolute Gasteiger partial charge is 0.326 e. The molecule has 3 rings (SSSR count). The van der Waals surface area contributed by atoms with Crippen LogP contribution in [0.4, 0.5) is 5.69 Å². The van der Waals surface area contributed by atoms with Gasteiger partial charge in [-0.05, 0) is 31.2 Å². The largest absolute Gasteiger partial charge is 0.454 e. The van der Waals surface area contributed by atoms with Crippen LogP contribution in [0.2, 0.25) is 0 Å². The van der Waals surface area contributed by atoms with Crippen LogP contribution in [-0.2, 0) is 14.3 Å². The molecule has 8 heteroatoms. The number of esters is 1. The van der Waals surface area contributed by atoms with Gasteiger partial charge in [-0.15, -0.1) is 0 Å². The first-order valence-electron chi connectivity index (χ1n) is 8.26. The molecule has 0 radical (unpaired) electrons. The highest BCUT2D eigenvalue weighted by molar-refractivity contribution is 5.97. The Morgan fingerprint density at radius 2 is 1.81 bits per heavy atom. The standard InChI is InChI=1S/C19H18N2O6/c1-12(18(23)21-14-7-8-15-16(9-14)26-11-25-15)27-17(22)10-20-19(24)13-5-3-2-4-6-13/h2-9,12H,10-11H2,1H3,(H,20,24)(H,21,23)/t12-/m1/s1. The van der Waals surface area contributed by atoms with Crippen LogP contribution in [0.25, 0.3) is 0 Å². The van der Waals surface area contributed by atoms with E-state index >= 15 is 0 Å². The van der Waals surface area contributed by atoms with Gasteiger partial charge in [0.25, 0.3) is 11.8 Å². The molecule has 1 atom stereocenters. The fraction of sp³-hybridized carbons (Fsp3) is 0.211. The summed E-state index contributed by atoms with van der Waals surface area (Å²) >= 11 is 0. The van der Waals surface area contributed by atoms with E-state index < -0.39 is 23.9 Å². The molecule has 0 aliphatic carbocycles. The summed E-state index contributed by atoms with van der Waals surface area (Å²) in [5.74, 6) is -0.489. The molecule has 0 saturated carbocycles. The van der Waals surface area contributed by atoms with Crippen molar-refractivity contribution in [1.82, 2.24) is 5.32 Å². The second-order valence-corrected chi connectivity index (χ2v) is 5.74. The Labute approximate surface area is 155 Å². The number of nitrogens with one attached hydrogen (secondary N) is 2. The van der Waals surface area contributed by atoms with Crippen molar-refractivity contribution in [2.45, 2.75) is 13.0 Å². The van der Waals surface area contributed by atoms with Crippen LogP contribution >= 0.6 is 0 Å². The van der Waals surface area contributed by atoms with Crippen molar-refractivity contribution >= 4 is 23.5 Å². The van der Waals surface area contributed by atoms with Crippen LogP contribution in [-0.4, -0.2) is 37.2 Å². The molecular weight excluding hydrogens is 352 g/mol. The Morgan fingerprint density at radius 1 is 1.07 bits per heavy atom. The highest BCUT2D eigenvalue weighted by Gasteiger charge is 2.20. The van der Waals surface area contributed by atoms with Crippen LogP contribution in [0.1, 0.15) is 17.3 Å². The van der Waals surface area contributed by atoms with Crippen LogP contribution in [0.15, 0.2) is 48.5 Å². The predicted molar refractivity (Wildman–Crippen MR) is 95.5 cm³/mol. The summed E-state index contributed by atoms with van der Waals surface area (Å²) in [5.41, 5.74) is 0.920. The van der Waals surface area contributed by atoms with E-state index in [1.54, 1.807) is 48.5 Å². The number of anilines is 1. The topological polar surface area (TPSA) is 103 Å². The van der Waals surface area contributed by atoms with Crippen molar-refractivity contribution in [1.29, 1.82) is 0 Å². The fourth-order valence-corrected chi connectivity index (χ4v) is 2.35. The third-order valence-electron chi connectivity index (χ3n) is 3.75. The average Bonchev–Trinajstić information content (AvgIpc) is 3.14. The third kappa shape index (κ3) is 4.75. The summed E-state index contributed by atoms with van der Waals surface area (Å²) in [7, 11) is 0. The van der Waals surface area contributed by atoms with E-state index in [0.717, 1.165) is 0 Å². The van der Waals surface area contributed by atoms with Gasteiger partial charge >= 0.3 is 5.97 Å². The minimum atomic E-state index is -1.03. The van der Waals surface area contributed by atoms with E-state index in [0.29, 0.717) is 22.7 Å². The first-order valence-corrected chi connectivity index (χ1v) is 8.26. The quantitative estimate of drug-likeness (QED) is 0.751. The molecule has 27 heavy (non-hydrogen) atoms. The summed E-state index contributed by atoms with van der Waals surface area (Å²) in [6.07, 6.45) is -1.03. The molecule has 2 N–H and O–H groups in total. The lowest BCUT2D eigenvalue weighted by Gasteiger charge is -2.14. The molecule has 2 amide bonds. The average molecular weight is 370 g/mol. The summed E-state index contributed by atoms with van der Waals surface area (Å²) in [6.45, 7) is 1.24. The molecule has 0 saturated heterocycles. The Balaban J connectivity index is 1.46. The van der Waals surface area contributed by atoms with Crippen molar-refractivity contribution in [3.05, 3.63) is 54.1 Å². The van der Waals surface area contributed by atoms with E-state index in [9.17, 15) is 14.4 Å². The highest BCUT2D eigenvalue weighted by Crippen LogP contribution is 2.34. The normalized spacial score (nSPS) is 12.8. The van der Waals surface area contributed by atoms with Crippen LogP contribution in [0.3, 0.4) is 0 Å². The molecule has 1 heterocycles. The van der Waals surface area contributed by atoms with Gasteiger partial charge in [-0.2, -0.15) is 0 Å². The molecule has 0 bridgehead atoms. The molecular formula is C19H18N2O6. The van der Waals surface area contributed by atoms with Gasteiger partial charge < -0.3 is 24.8 Å². The minimum Gasteiger partial charge on any atom is -0.454 e. The zero-order valence-corrected chi connectivity index (χ0v) is 14.6. The van der Waals surface area contributed by atoms with Crippen LogP contribution in [0, 0.1) is 0 Å². The lowest BCUT2D eigenvalue weighted by Crippen LogP contribution is -2.35. The Morgan fingerprint density at radius 3 is 2.59 bits per heavy atom. The lowest BCUT2D eigenvalue weighted by molar-refractivity contribution is -0.152. The third-order valence-corrected chi connectivity index (χ3v) is 3.75. The van der Waals surface area contributed by atoms with Gasteiger partial charge in [0.05, 0.1) is 0 Å². The molecule has 0 fully saturated rings. The van der Waals surface area contributed by atoms with Gasteiger partial charge in [-0.1, -0.05) is 18.2 Å². The molecule has 0 aromatic heterocycles. The molecule has 2 aromatic rings. The van der Waals surface area contributed by atoms with Crippen molar-refractivity contribution in [2.24, 2.45) is 0 Å². The Bertz CT molecular complexity index is 853. The van der Waals surface area contributed by atoms with E-state index in [1.165, 1.54) is 6.92 Å². The van der Waals surface area contributed by atoms with Crippen LogP contribution in [0.5, 0.6) is 11.5 Å². The zero-order chi connectivity index (χ0) is 19.2. The molecule has 140 valence electrons. The van der Waals surface area contributed by atoms with Gasteiger partial charge in [0, 0.05) is 17.3 Å². The lowest BCUT2D eigenvalue weighted by atomic mass is 10.2. The van der Waals surface area contributed by atoms with Gasteiger partial charge in [-0.25, -0.2) is 0 Å². The van der Waals surface area contributed by atoms with Crippen molar-refractivity contribution in [2.75, 3.05) is 18.7 Å². The maximum absolute atomic E-state index is 12.2. The highest BCUT2D eigenvalue weighted by atomic mass is 16.7. The Kier molecular flexibility index (Phi) is 5.55. The molecule has 1 aliphatic rings. The van der Waals surface area contributed by atoms with Gasteiger partial charge in [0.2, 0.25) is 6.79 Å². The Hall–Kier alpha value is -3.55. The predicted octanol–water partition coefficient (Wildman–Crippen LogP) is 1.72. The minimum absolute atomic E-state index is 0.134. The SMILES string of the molecule is C[C@@H](OC(=O)CNC(=O)c1ccccc1)C(=O)Nc1ccc2c(c1)OCO2. The monoisotopic (exact) mass is 370 g/mol. The molecule has 2 aromatic carbocycles.